The molecule has 0 radical (unpaired) electrons. The van der Waals surface area contributed by atoms with Crippen LogP contribution in [0.4, 0.5) is 13.2 Å². The number of aliphatic carboxylic acids is 1. The second-order valence-corrected chi connectivity index (χ2v) is 8.63. The predicted molar refractivity (Wildman–Crippen MR) is 120 cm³/mol. The Kier molecular flexibility index (Phi) is 7.90. The fourth-order valence-corrected chi connectivity index (χ4v) is 4.21. The van der Waals surface area contributed by atoms with Crippen molar-refractivity contribution in [1.29, 1.82) is 0 Å². The number of aliphatic hydroxyl groups excluding tert-OH is 3. The lowest BCUT2D eigenvalue weighted by molar-refractivity contribution is -0.238. The van der Waals surface area contributed by atoms with Crippen LogP contribution < -0.4 is 0 Å². The first kappa shape index (κ1) is 26.7. The SMILES string of the molecule is Cc1ccccc1CO[C@H](C(=O)O)C1OC(CO)[C@H](O)C(n2cc(-c3cc(F)c(F)c(F)c3)nn2)C1O. The Morgan fingerprint density at radius 3 is 2.46 bits per heavy atom. The monoisotopic (exact) mass is 523 g/mol. The Hall–Kier alpha value is -3.36. The minimum atomic E-state index is -1.73. The van der Waals surface area contributed by atoms with Crippen LogP contribution in [0.1, 0.15) is 17.2 Å². The Bertz CT molecular complexity index is 1250. The van der Waals surface area contributed by atoms with Crippen LogP contribution in [-0.4, -0.2) is 78.5 Å². The van der Waals surface area contributed by atoms with E-state index >= 15 is 0 Å². The maximum Gasteiger partial charge on any atom is 0.335 e. The summed E-state index contributed by atoms with van der Waals surface area (Å²) in [5.41, 5.74) is 1.27. The van der Waals surface area contributed by atoms with Crippen molar-refractivity contribution in [2.75, 3.05) is 6.61 Å². The molecule has 2 heterocycles. The summed E-state index contributed by atoms with van der Waals surface area (Å²) in [6.07, 6.45) is -6.78. The van der Waals surface area contributed by atoms with Gasteiger partial charge in [-0.1, -0.05) is 29.5 Å². The summed E-state index contributed by atoms with van der Waals surface area (Å²) in [7, 11) is 0. The van der Waals surface area contributed by atoms with E-state index < -0.39 is 66.6 Å². The summed E-state index contributed by atoms with van der Waals surface area (Å²) in [6, 6.07) is 7.12. The number of aliphatic hydroxyl groups is 3. The summed E-state index contributed by atoms with van der Waals surface area (Å²) in [4.78, 5) is 12.1. The first-order valence-electron chi connectivity index (χ1n) is 11.2. The van der Waals surface area contributed by atoms with E-state index in [9.17, 15) is 38.4 Å². The second-order valence-electron chi connectivity index (χ2n) is 8.63. The molecular weight excluding hydrogens is 499 g/mol. The minimum absolute atomic E-state index is 0.119. The molecule has 10 nitrogen and oxygen atoms in total. The molecule has 198 valence electrons. The Morgan fingerprint density at radius 2 is 1.84 bits per heavy atom. The van der Waals surface area contributed by atoms with Crippen LogP contribution in [0.15, 0.2) is 42.6 Å². The first-order valence-corrected chi connectivity index (χ1v) is 11.2. The number of hydrogen-bond donors (Lipinski definition) is 4. The van der Waals surface area contributed by atoms with Crippen molar-refractivity contribution in [3.63, 3.8) is 0 Å². The van der Waals surface area contributed by atoms with Crippen LogP contribution in [0, 0.1) is 24.4 Å². The maximum absolute atomic E-state index is 13.7. The van der Waals surface area contributed by atoms with Gasteiger partial charge in [0, 0.05) is 5.56 Å². The minimum Gasteiger partial charge on any atom is -0.479 e. The van der Waals surface area contributed by atoms with Crippen LogP contribution in [0.2, 0.25) is 0 Å². The number of benzene rings is 2. The zero-order chi connectivity index (χ0) is 26.9. The third kappa shape index (κ3) is 5.36. The summed E-state index contributed by atoms with van der Waals surface area (Å²) in [6.45, 7) is 0.957. The Labute approximate surface area is 208 Å². The number of aryl methyl sites for hydroxylation is 1. The van der Waals surface area contributed by atoms with E-state index in [0.29, 0.717) is 17.7 Å². The van der Waals surface area contributed by atoms with E-state index in [1.807, 2.05) is 13.0 Å². The summed E-state index contributed by atoms with van der Waals surface area (Å²) < 4.78 is 52.8. The number of carboxylic acid groups (broad SMARTS) is 1. The molecule has 4 rings (SSSR count). The highest BCUT2D eigenvalue weighted by molar-refractivity contribution is 5.73. The van der Waals surface area contributed by atoms with Crippen molar-refractivity contribution in [1.82, 2.24) is 15.0 Å². The molecule has 0 aliphatic carbocycles. The predicted octanol–water partition coefficient (Wildman–Crippen LogP) is 1.36. The second kappa shape index (κ2) is 10.9. The standard InChI is InChI=1S/C24H24F3N3O7/c1-11-4-2-3-5-12(11)10-36-23(24(34)35)22-21(33)19(20(32)17(9-31)37-22)30-8-16(28-29-30)13-6-14(25)18(27)15(26)7-13/h2-8,17,19-23,31-33H,9-10H2,1H3,(H,34,35)/t17?,19?,20-,21?,22?,23-/m0/s1. The zero-order valence-corrected chi connectivity index (χ0v) is 19.4. The molecule has 3 aromatic rings. The van der Waals surface area contributed by atoms with Gasteiger partial charge in [0.05, 0.1) is 19.4 Å². The molecule has 2 aromatic carbocycles. The molecule has 1 aromatic heterocycles. The molecule has 1 fully saturated rings. The van der Waals surface area contributed by atoms with Gasteiger partial charge in [-0.05, 0) is 30.2 Å². The van der Waals surface area contributed by atoms with Crippen LogP contribution in [0.3, 0.4) is 0 Å². The first-order chi connectivity index (χ1) is 17.6. The van der Waals surface area contributed by atoms with Crippen molar-refractivity contribution in [2.24, 2.45) is 0 Å². The lowest BCUT2D eigenvalue weighted by atomic mass is 9.90. The number of aromatic nitrogens is 3. The van der Waals surface area contributed by atoms with Crippen molar-refractivity contribution in [3.8, 4) is 11.3 Å². The van der Waals surface area contributed by atoms with Gasteiger partial charge >= 0.3 is 5.97 Å². The molecule has 4 unspecified atom stereocenters. The number of carbonyl (C=O) groups is 1. The number of hydrogen-bond acceptors (Lipinski definition) is 8. The van der Waals surface area contributed by atoms with Gasteiger partial charge in [-0.15, -0.1) is 5.10 Å². The molecule has 13 heteroatoms. The average Bonchev–Trinajstić information content (AvgIpc) is 3.34. The van der Waals surface area contributed by atoms with Gasteiger partial charge in [0.2, 0.25) is 0 Å². The van der Waals surface area contributed by atoms with E-state index in [-0.39, 0.29) is 17.9 Å². The summed E-state index contributed by atoms with van der Waals surface area (Å²) in [5.74, 6) is -6.02. The topological polar surface area (TPSA) is 147 Å². The molecule has 37 heavy (non-hydrogen) atoms. The van der Waals surface area contributed by atoms with E-state index in [0.717, 1.165) is 16.4 Å². The van der Waals surface area contributed by atoms with Crippen LogP contribution >= 0.6 is 0 Å². The average molecular weight is 523 g/mol. The zero-order valence-electron chi connectivity index (χ0n) is 19.4. The van der Waals surface area contributed by atoms with Gasteiger partial charge in [0.15, 0.2) is 23.6 Å². The molecule has 6 atom stereocenters. The molecule has 0 bridgehead atoms. The highest BCUT2D eigenvalue weighted by Gasteiger charge is 2.50. The van der Waals surface area contributed by atoms with Crippen molar-refractivity contribution in [2.45, 2.75) is 50.1 Å². The highest BCUT2D eigenvalue weighted by Crippen LogP contribution is 2.33. The fourth-order valence-electron chi connectivity index (χ4n) is 4.21. The number of rotatable bonds is 8. The van der Waals surface area contributed by atoms with Crippen LogP contribution in [-0.2, 0) is 20.9 Å². The normalized spacial score (nSPS) is 24.7. The van der Waals surface area contributed by atoms with Crippen molar-refractivity contribution < 1.29 is 47.9 Å². The maximum atomic E-state index is 13.7. The third-order valence-corrected chi connectivity index (χ3v) is 6.25. The Morgan fingerprint density at radius 1 is 1.16 bits per heavy atom. The van der Waals surface area contributed by atoms with Gasteiger partial charge in [-0.2, -0.15) is 0 Å². The van der Waals surface area contributed by atoms with E-state index in [1.165, 1.54) is 0 Å². The Balaban J connectivity index is 1.63. The van der Waals surface area contributed by atoms with E-state index in [2.05, 4.69) is 10.3 Å². The van der Waals surface area contributed by atoms with Gasteiger partial charge < -0.3 is 29.9 Å². The van der Waals surface area contributed by atoms with Crippen molar-refractivity contribution >= 4 is 5.97 Å². The number of ether oxygens (including phenoxy) is 2. The molecule has 4 N–H and O–H groups in total. The third-order valence-electron chi connectivity index (χ3n) is 6.25. The van der Waals surface area contributed by atoms with Gasteiger partial charge in [0.1, 0.15) is 36.2 Å². The molecular formula is C24H24F3N3O7. The molecule has 0 saturated carbocycles. The van der Waals surface area contributed by atoms with Crippen molar-refractivity contribution in [3.05, 3.63) is 71.2 Å². The quantitative estimate of drug-likeness (QED) is 0.321. The lowest BCUT2D eigenvalue weighted by Gasteiger charge is -2.43. The summed E-state index contributed by atoms with van der Waals surface area (Å²) in [5, 5.41) is 49.0. The van der Waals surface area contributed by atoms with E-state index in [4.69, 9.17) is 9.47 Å². The molecule has 1 aliphatic heterocycles. The number of nitrogens with zero attached hydrogens (tertiary/aromatic N) is 3. The largest absolute Gasteiger partial charge is 0.479 e. The smallest absolute Gasteiger partial charge is 0.335 e. The number of halogens is 3. The molecule has 1 aliphatic rings. The summed E-state index contributed by atoms with van der Waals surface area (Å²) >= 11 is 0. The van der Waals surface area contributed by atoms with E-state index in [1.54, 1.807) is 18.2 Å². The van der Waals surface area contributed by atoms with Gasteiger partial charge in [0.25, 0.3) is 0 Å². The van der Waals surface area contributed by atoms with Crippen LogP contribution in [0.5, 0.6) is 0 Å². The number of carboxylic acids is 1. The van der Waals surface area contributed by atoms with Gasteiger partial charge in [-0.3, -0.25) is 0 Å². The highest BCUT2D eigenvalue weighted by atomic mass is 19.2. The lowest BCUT2D eigenvalue weighted by Crippen LogP contribution is -2.60. The fraction of sp³-hybridized carbons (Fsp3) is 0.375. The van der Waals surface area contributed by atoms with Crippen LogP contribution in [0.25, 0.3) is 11.3 Å². The molecule has 1 saturated heterocycles. The molecule has 0 spiro atoms. The molecule has 0 amide bonds. The van der Waals surface area contributed by atoms with Gasteiger partial charge in [-0.25, -0.2) is 22.6 Å².